The Morgan fingerprint density at radius 1 is 1.07 bits per heavy atom. The second kappa shape index (κ2) is 7.01. The van der Waals surface area contributed by atoms with Crippen molar-refractivity contribution in [1.82, 2.24) is 19.5 Å². The molecule has 0 saturated carbocycles. The number of anilines is 2. The van der Waals surface area contributed by atoms with Crippen LogP contribution in [0.5, 0.6) is 11.5 Å². The smallest absolute Gasteiger partial charge is 0.238 e. The van der Waals surface area contributed by atoms with E-state index in [4.69, 9.17) is 9.47 Å². The third-order valence-electron chi connectivity index (χ3n) is 5.03. The van der Waals surface area contributed by atoms with E-state index in [1.54, 1.807) is 12.4 Å². The van der Waals surface area contributed by atoms with Gasteiger partial charge in [-0.1, -0.05) is 6.07 Å². The maximum Gasteiger partial charge on any atom is 0.238 e. The Morgan fingerprint density at radius 2 is 1.93 bits per heavy atom. The Balaban J connectivity index is 1.17. The molecule has 0 spiro atoms. The molecule has 9 nitrogen and oxygen atoms in total. The van der Waals surface area contributed by atoms with E-state index >= 15 is 0 Å². The number of pyridine rings is 1. The Bertz CT molecular complexity index is 1010. The zero-order valence-corrected chi connectivity index (χ0v) is 15.2. The van der Waals surface area contributed by atoms with Gasteiger partial charge >= 0.3 is 0 Å². The quantitative estimate of drug-likeness (QED) is 0.728. The minimum atomic E-state index is -0.0340. The highest BCUT2D eigenvalue weighted by atomic mass is 16.7. The molecule has 144 valence electrons. The van der Waals surface area contributed by atoms with Crippen molar-refractivity contribution >= 4 is 23.1 Å². The molecular weight excluding hydrogens is 360 g/mol. The van der Waals surface area contributed by atoms with Crippen LogP contribution < -0.4 is 19.7 Å². The second-order valence-corrected chi connectivity index (χ2v) is 6.82. The molecule has 0 aliphatic carbocycles. The fourth-order valence-corrected chi connectivity index (χ4v) is 3.61. The minimum absolute atomic E-state index is 0.0340. The van der Waals surface area contributed by atoms with Crippen molar-refractivity contribution in [2.24, 2.45) is 0 Å². The summed E-state index contributed by atoms with van der Waals surface area (Å²) in [5, 5.41) is 11.0. The second-order valence-electron chi connectivity index (χ2n) is 6.82. The van der Waals surface area contributed by atoms with Crippen molar-refractivity contribution in [1.29, 1.82) is 0 Å². The molecule has 1 saturated heterocycles. The van der Waals surface area contributed by atoms with Crippen LogP contribution in [0.25, 0.3) is 5.65 Å². The van der Waals surface area contributed by atoms with Crippen molar-refractivity contribution in [3.8, 4) is 11.5 Å². The maximum atomic E-state index is 12.4. The molecule has 9 heteroatoms. The summed E-state index contributed by atoms with van der Waals surface area (Å²) in [6.45, 7) is 3.89. The van der Waals surface area contributed by atoms with E-state index in [1.807, 2.05) is 28.7 Å². The lowest BCUT2D eigenvalue weighted by molar-refractivity contribution is -0.117. The van der Waals surface area contributed by atoms with Crippen LogP contribution in [-0.4, -0.2) is 64.9 Å². The summed E-state index contributed by atoms with van der Waals surface area (Å²) in [7, 11) is 0. The van der Waals surface area contributed by atoms with Crippen LogP contribution in [0.1, 0.15) is 0 Å². The van der Waals surface area contributed by atoms with Gasteiger partial charge in [-0.15, -0.1) is 10.2 Å². The molecule has 0 radical (unpaired) electrons. The summed E-state index contributed by atoms with van der Waals surface area (Å²) < 4.78 is 12.6. The SMILES string of the molecule is O=C(CN1CCN(c2cccc3nncn23)CC1)Nc1ccc2c(c1)OCO2. The number of fused-ring (bicyclic) bond motifs is 2. The molecule has 3 aromatic rings. The van der Waals surface area contributed by atoms with Gasteiger partial charge in [0.25, 0.3) is 0 Å². The first-order valence-corrected chi connectivity index (χ1v) is 9.22. The number of amides is 1. The lowest BCUT2D eigenvalue weighted by Crippen LogP contribution is -2.49. The number of rotatable bonds is 4. The highest BCUT2D eigenvalue weighted by Crippen LogP contribution is 2.34. The van der Waals surface area contributed by atoms with E-state index in [0.29, 0.717) is 23.7 Å². The Hall–Kier alpha value is -3.33. The fraction of sp³-hybridized carbons (Fsp3) is 0.316. The minimum Gasteiger partial charge on any atom is -0.454 e. The highest BCUT2D eigenvalue weighted by molar-refractivity contribution is 5.92. The average Bonchev–Trinajstić information content (AvgIpc) is 3.37. The van der Waals surface area contributed by atoms with E-state index in [-0.39, 0.29) is 12.7 Å². The Kier molecular flexibility index (Phi) is 4.21. The molecule has 1 amide bonds. The molecule has 2 aromatic heterocycles. The summed E-state index contributed by atoms with van der Waals surface area (Å²) in [6.07, 6.45) is 1.73. The van der Waals surface area contributed by atoms with E-state index in [2.05, 4.69) is 31.4 Å². The van der Waals surface area contributed by atoms with Crippen LogP contribution in [0.15, 0.2) is 42.7 Å². The van der Waals surface area contributed by atoms with Crippen molar-refractivity contribution in [2.75, 3.05) is 49.7 Å². The third kappa shape index (κ3) is 3.20. The predicted molar refractivity (Wildman–Crippen MR) is 103 cm³/mol. The van der Waals surface area contributed by atoms with Crippen molar-refractivity contribution < 1.29 is 14.3 Å². The third-order valence-corrected chi connectivity index (χ3v) is 5.03. The van der Waals surface area contributed by atoms with Gasteiger partial charge in [-0.25, -0.2) is 0 Å². The topological polar surface area (TPSA) is 84.2 Å². The summed E-state index contributed by atoms with van der Waals surface area (Å²) >= 11 is 0. The molecule has 28 heavy (non-hydrogen) atoms. The lowest BCUT2D eigenvalue weighted by Gasteiger charge is -2.35. The van der Waals surface area contributed by atoms with Gasteiger partial charge in [-0.05, 0) is 24.3 Å². The zero-order valence-electron chi connectivity index (χ0n) is 15.2. The summed E-state index contributed by atoms with van der Waals surface area (Å²) in [6, 6.07) is 11.4. The van der Waals surface area contributed by atoms with Gasteiger partial charge in [0.1, 0.15) is 12.1 Å². The summed E-state index contributed by atoms with van der Waals surface area (Å²) in [5.74, 6) is 2.41. The fourth-order valence-electron chi connectivity index (χ4n) is 3.61. The monoisotopic (exact) mass is 380 g/mol. The van der Waals surface area contributed by atoms with Crippen molar-refractivity contribution in [2.45, 2.75) is 0 Å². The number of nitrogens with zero attached hydrogens (tertiary/aromatic N) is 5. The van der Waals surface area contributed by atoms with E-state index < -0.39 is 0 Å². The zero-order chi connectivity index (χ0) is 18.9. The van der Waals surface area contributed by atoms with Crippen molar-refractivity contribution in [3.05, 3.63) is 42.7 Å². The maximum absolute atomic E-state index is 12.4. The molecule has 4 heterocycles. The molecule has 1 aromatic carbocycles. The summed E-state index contributed by atoms with van der Waals surface area (Å²) in [5.41, 5.74) is 1.55. The van der Waals surface area contributed by atoms with Gasteiger partial charge in [0.05, 0.1) is 6.54 Å². The normalized spacial score (nSPS) is 16.5. The lowest BCUT2D eigenvalue weighted by atomic mass is 10.2. The standard InChI is InChI=1S/C19H20N6O3/c26-18(21-14-4-5-15-16(10-14)28-13-27-15)11-23-6-8-24(9-7-23)19-3-1-2-17-22-20-12-25(17)19/h1-5,10,12H,6-9,11,13H2,(H,21,26). The van der Waals surface area contributed by atoms with E-state index in [1.165, 1.54) is 0 Å². The number of ether oxygens (including phenoxy) is 2. The van der Waals surface area contributed by atoms with Crippen LogP contribution in [0, 0.1) is 0 Å². The summed E-state index contributed by atoms with van der Waals surface area (Å²) in [4.78, 5) is 16.9. The number of aromatic nitrogens is 3. The molecule has 0 unspecified atom stereocenters. The molecule has 2 aliphatic rings. The van der Waals surface area contributed by atoms with E-state index in [9.17, 15) is 4.79 Å². The number of hydrogen-bond acceptors (Lipinski definition) is 7. The first kappa shape index (κ1) is 16.8. The van der Waals surface area contributed by atoms with Gasteiger partial charge in [0.2, 0.25) is 12.7 Å². The molecule has 0 bridgehead atoms. The van der Waals surface area contributed by atoms with Crippen LogP contribution in [0.2, 0.25) is 0 Å². The highest BCUT2D eigenvalue weighted by Gasteiger charge is 2.21. The molecular formula is C19H20N6O3. The van der Waals surface area contributed by atoms with Crippen LogP contribution in [0.4, 0.5) is 11.5 Å². The van der Waals surface area contributed by atoms with Gasteiger partial charge < -0.3 is 19.7 Å². The number of carbonyl (C=O) groups is 1. The van der Waals surface area contributed by atoms with Crippen LogP contribution >= 0.6 is 0 Å². The first-order chi connectivity index (χ1) is 13.8. The number of nitrogens with one attached hydrogen (secondary N) is 1. The number of benzene rings is 1. The predicted octanol–water partition coefficient (Wildman–Crippen LogP) is 1.22. The number of carbonyl (C=O) groups excluding carboxylic acids is 1. The molecule has 5 rings (SSSR count). The Morgan fingerprint density at radius 3 is 2.82 bits per heavy atom. The van der Waals surface area contributed by atoms with Gasteiger partial charge in [0, 0.05) is 37.9 Å². The first-order valence-electron chi connectivity index (χ1n) is 9.22. The van der Waals surface area contributed by atoms with Crippen molar-refractivity contribution in [3.63, 3.8) is 0 Å². The largest absolute Gasteiger partial charge is 0.454 e. The van der Waals surface area contributed by atoms with Crippen LogP contribution in [0.3, 0.4) is 0 Å². The molecule has 2 aliphatic heterocycles. The number of piperazine rings is 1. The molecule has 1 N–H and O–H groups in total. The molecule has 0 atom stereocenters. The van der Waals surface area contributed by atoms with Gasteiger partial charge in [0.15, 0.2) is 17.1 Å². The van der Waals surface area contributed by atoms with Gasteiger partial charge in [-0.3, -0.25) is 14.1 Å². The van der Waals surface area contributed by atoms with E-state index in [0.717, 1.165) is 37.6 Å². The van der Waals surface area contributed by atoms with Gasteiger partial charge in [-0.2, -0.15) is 0 Å². The van der Waals surface area contributed by atoms with Crippen LogP contribution in [-0.2, 0) is 4.79 Å². The number of hydrogen-bond donors (Lipinski definition) is 1. The Labute approximate surface area is 161 Å². The average molecular weight is 380 g/mol. The molecule has 1 fully saturated rings.